The second kappa shape index (κ2) is 5.54. The van der Waals surface area contributed by atoms with E-state index < -0.39 is 5.97 Å². The molecule has 2 heterocycles. The fraction of sp³-hybridized carbons (Fsp3) is 0.429. The molecule has 2 N–H and O–H groups in total. The van der Waals surface area contributed by atoms with Crippen molar-refractivity contribution in [1.82, 2.24) is 5.32 Å². The number of rotatable bonds is 4. The molecule has 3 rings (SSSR count). The van der Waals surface area contributed by atoms with Crippen LogP contribution in [0.4, 0.5) is 0 Å². The summed E-state index contributed by atoms with van der Waals surface area (Å²) in [6.45, 7) is 0.460. The van der Waals surface area contributed by atoms with Gasteiger partial charge in [0.05, 0.1) is 10.8 Å². The van der Waals surface area contributed by atoms with Crippen LogP contribution in [0.5, 0.6) is 0 Å². The van der Waals surface area contributed by atoms with Crippen LogP contribution in [-0.2, 0) is 4.79 Å². The highest BCUT2D eigenvalue weighted by atomic mass is 32.1. The number of aliphatic carboxylic acids is 1. The Morgan fingerprint density at radius 1 is 1.35 bits per heavy atom. The third kappa shape index (κ3) is 2.58. The van der Waals surface area contributed by atoms with Crippen LogP contribution in [0.25, 0.3) is 9.40 Å². The Morgan fingerprint density at radius 2 is 2.20 bits per heavy atom. The number of hydrogen-bond acceptors (Lipinski definition) is 4. The molecule has 2 unspecified atom stereocenters. The number of fused-ring (bicyclic) bond motifs is 1. The molecular weight excluding hydrogens is 294 g/mol. The SMILES string of the molecule is O=C(NCC1CCCC1C(=O)O)c1cc2sccc2s1. The summed E-state index contributed by atoms with van der Waals surface area (Å²) in [7, 11) is 0. The number of carboxylic acid groups (broad SMARTS) is 1. The quantitative estimate of drug-likeness (QED) is 0.911. The molecule has 2 aromatic heterocycles. The van der Waals surface area contributed by atoms with E-state index >= 15 is 0 Å². The number of carbonyl (C=O) groups excluding carboxylic acids is 1. The van der Waals surface area contributed by atoms with E-state index in [1.54, 1.807) is 11.3 Å². The van der Waals surface area contributed by atoms with Crippen LogP contribution in [0, 0.1) is 11.8 Å². The maximum atomic E-state index is 12.1. The molecule has 6 heteroatoms. The normalized spacial score (nSPS) is 22.2. The van der Waals surface area contributed by atoms with Crippen LogP contribution in [0.1, 0.15) is 28.9 Å². The first kappa shape index (κ1) is 13.6. The second-order valence-corrected chi connectivity index (χ2v) is 7.14. The van der Waals surface area contributed by atoms with E-state index in [9.17, 15) is 9.59 Å². The number of thiophene rings is 2. The molecule has 1 aliphatic rings. The third-order valence-electron chi connectivity index (χ3n) is 3.86. The largest absolute Gasteiger partial charge is 0.481 e. The summed E-state index contributed by atoms with van der Waals surface area (Å²) in [5.41, 5.74) is 0. The highest BCUT2D eigenvalue weighted by Gasteiger charge is 2.32. The van der Waals surface area contributed by atoms with Crippen molar-refractivity contribution < 1.29 is 14.7 Å². The van der Waals surface area contributed by atoms with Crippen molar-refractivity contribution in [2.24, 2.45) is 11.8 Å². The summed E-state index contributed by atoms with van der Waals surface area (Å²) >= 11 is 3.11. The Labute approximate surface area is 124 Å². The Kier molecular flexibility index (Phi) is 3.76. The molecule has 2 atom stereocenters. The van der Waals surface area contributed by atoms with Gasteiger partial charge in [-0.25, -0.2) is 0 Å². The Bertz CT molecular complexity index is 617. The minimum absolute atomic E-state index is 0.0672. The molecule has 1 saturated carbocycles. The molecule has 0 radical (unpaired) electrons. The van der Waals surface area contributed by atoms with Crippen molar-refractivity contribution in [3.05, 3.63) is 22.4 Å². The number of nitrogens with one attached hydrogen (secondary N) is 1. The van der Waals surface area contributed by atoms with E-state index in [2.05, 4.69) is 5.32 Å². The Hall–Kier alpha value is -1.40. The van der Waals surface area contributed by atoms with Gasteiger partial charge in [-0.2, -0.15) is 0 Å². The molecule has 106 valence electrons. The molecule has 1 fully saturated rings. The van der Waals surface area contributed by atoms with E-state index in [0.29, 0.717) is 11.4 Å². The maximum absolute atomic E-state index is 12.1. The van der Waals surface area contributed by atoms with Crippen molar-refractivity contribution in [2.45, 2.75) is 19.3 Å². The molecule has 1 amide bonds. The van der Waals surface area contributed by atoms with Gasteiger partial charge in [-0.05, 0) is 36.3 Å². The van der Waals surface area contributed by atoms with Gasteiger partial charge in [0, 0.05) is 15.9 Å². The molecule has 4 nitrogen and oxygen atoms in total. The monoisotopic (exact) mass is 309 g/mol. The van der Waals surface area contributed by atoms with Crippen LogP contribution < -0.4 is 5.32 Å². The average Bonchev–Trinajstić information content (AvgIpc) is 3.09. The van der Waals surface area contributed by atoms with Crippen molar-refractivity contribution in [1.29, 1.82) is 0 Å². The lowest BCUT2D eigenvalue weighted by atomic mass is 9.96. The highest BCUT2D eigenvalue weighted by Crippen LogP contribution is 2.32. The molecule has 1 aliphatic carbocycles. The van der Waals surface area contributed by atoms with E-state index in [-0.39, 0.29) is 17.7 Å². The van der Waals surface area contributed by atoms with Gasteiger partial charge in [-0.1, -0.05) is 6.42 Å². The standard InChI is InChI=1S/C14H15NO3S2/c16-13(12-6-11-10(20-12)4-5-19-11)15-7-8-2-1-3-9(8)14(17)18/h4-6,8-9H,1-3,7H2,(H,15,16)(H,17,18). The molecule has 0 aliphatic heterocycles. The lowest BCUT2D eigenvalue weighted by Crippen LogP contribution is -2.32. The van der Waals surface area contributed by atoms with Crippen molar-refractivity contribution >= 4 is 43.9 Å². The molecule has 0 spiro atoms. The first-order chi connectivity index (χ1) is 9.65. The van der Waals surface area contributed by atoms with Gasteiger partial charge in [-0.3, -0.25) is 9.59 Å². The molecule has 0 saturated heterocycles. The smallest absolute Gasteiger partial charge is 0.306 e. The Morgan fingerprint density at radius 3 is 2.95 bits per heavy atom. The number of carboxylic acids is 1. The van der Waals surface area contributed by atoms with Crippen LogP contribution in [0.2, 0.25) is 0 Å². The van der Waals surface area contributed by atoms with Crippen molar-refractivity contribution in [3.63, 3.8) is 0 Å². The van der Waals surface area contributed by atoms with Crippen LogP contribution in [0.15, 0.2) is 17.5 Å². The lowest BCUT2D eigenvalue weighted by Gasteiger charge is -2.15. The first-order valence-electron chi connectivity index (χ1n) is 6.63. The maximum Gasteiger partial charge on any atom is 0.306 e. The third-order valence-corrected chi connectivity index (χ3v) is 5.96. The number of amides is 1. The minimum Gasteiger partial charge on any atom is -0.481 e. The Balaban J connectivity index is 1.62. The van der Waals surface area contributed by atoms with Gasteiger partial charge in [0.2, 0.25) is 0 Å². The predicted octanol–water partition coefficient (Wildman–Crippen LogP) is 3.19. The summed E-state index contributed by atoms with van der Waals surface area (Å²) in [5, 5.41) is 14.0. The van der Waals surface area contributed by atoms with Crippen LogP contribution >= 0.6 is 22.7 Å². The number of carbonyl (C=O) groups is 2. The summed E-state index contributed by atoms with van der Waals surface area (Å²) in [6.07, 6.45) is 2.55. The minimum atomic E-state index is -0.738. The first-order valence-corrected chi connectivity index (χ1v) is 8.33. The molecule has 2 aromatic rings. The van der Waals surface area contributed by atoms with Gasteiger partial charge < -0.3 is 10.4 Å². The van der Waals surface area contributed by atoms with E-state index in [0.717, 1.165) is 28.7 Å². The second-order valence-electron chi connectivity index (χ2n) is 5.11. The summed E-state index contributed by atoms with van der Waals surface area (Å²) in [5.74, 6) is -1.06. The zero-order valence-electron chi connectivity index (χ0n) is 10.8. The van der Waals surface area contributed by atoms with E-state index in [1.807, 2.05) is 17.5 Å². The van der Waals surface area contributed by atoms with Crippen LogP contribution in [0.3, 0.4) is 0 Å². The summed E-state index contributed by atoms with van der Waals surface area (Å²) in [6, 6.07) is 3.92. The van der Waals surface area contributed by atoms with Gasteiger partial charge in [-0.15, -0.1) is 22.7 Å². The predicted molar refractivity (Wildman–Crippen MR) is 80.5 cm³/mol. The molecule has 20 heavy (non-hydrogen) atoms. The van der Waals surface area contributed by atoms with Crippen LogP contribution in [-0.4, -0.2) is 23.5 Å². The van der Waals surface area contributed by atoms with Crippen molar-refractivity contribution in [3.8, 4) is 0 Å². The highest BCUT2D eigenvalue weighted by molar-refractivity contribution is 7.27. The average molecular weight is 309 g/mol. The van der Waals surface area contributed by atoms with E-state index in [4.69, 9.17) is 5.11 Å². The van der Waals surface area contributed by atoms with Crippen molar-refractivity contribution in [2.75, 3.05) is 6.54 Å². The lowest BCUT2D eigenvalue weighted by molar-refractivity contribution is -0.142. The number of hydrogen-bond donors (Lipinski definition) is 2. The summed E-state index contributed by atoms with van der Waals surface area (Å²) < 4.78 is 2.26. The molecule has 0 aromatic carbocycles. The zero-order chi connectivity index (χ0) is 14.1. The fourth-order valence-electron chi connectivity index (χ4n) is 2.79. The van der Waals surface area contributed by atoms with Gasteiger partial charge in [0.15, 0.2) is 0 Å². The fourth-order valence-corrected chi connectivity index (χ4v) is 4.82. The van der Waals surface area contributed by atoms with Gasteiger partial charge in [0.1, 0.15) is 0 Å². The summed E-state index contributed by atoms with van der Waals surface area (Å²) in [4.78, 5) is 23.9. The zero-order valence-corrected chi connectivity index (χ0v) is 12.4. The molecular formula is C14H15NO3S2. The van der Waals surface area contributed by atoms with Gasteiger partial charge >= 0.3 is 5.97 Å². The topological polar surface area (TPSA) is 66.4 Å². The van der Waals surface area contributed by atoms with E-state index in [1.165, 1.54) is 11.3 Å². The molecule has 0 bridgehead atoms. The van der Waals surface area contributed by atoms with Gasteiger partial charge in [0.25, 0.3) is 5.91 Å².